The number of ketones is 1. The van der Waals surface area contributed by atoms with Crippen molar-refractivity contribution in [2.45, 2.75) is 32.0 Å². The van der Waals surface area contributed by atoms with Crippen LogP contribution in [0, 0.1) is 5.92 Å². The molecule has 0 saturated carbocycles. The number of hydrogen-bond acceptors (Lipinski definition) is 6. The van der Waals surface area contributed by atoms with Gasteiger partial charge < -0.3 is 14.3 Å². The van der Waals surface area contributed by atoms with Crippen LogP contribution in [-0.2, 0) is 11.3 Å². The van der Waals surface area contributed by atoms with Gasteiger partial charge in [0.2, 0.25) is 5.91 Å². The minimum absolute atomic E-state index is 0.0161. The predicted octanol–water partition coefficient (Wildman–Crippen LogP) is 3.88. The molecule has 1 amide bonds. The van der Waals surface area contributed by atoms with Gasteiger partial charge in [0.1, 0.15) is 12.1 Å². The molecule has 0 atom stereocenters. The third-order valence-electron chi connectivity index (χ3n) is 3.90. The molecule has 0 spiro atoms. The second-order valence-electron chi connectivity index (χ2n) is 6.76. The quantitative estimate of drug-likeness (QED) is 0.435. The number of thioether (sulfide) groups is 1. The highest BCUT2D eigenvalue weighted by Gasteiger charge is 2.12. The van der Waals surface area contributed by atoms with Crippen LogP contribution in [0.15, 0.2) is 58.6 Å². The molecule has 0 saturated heterocycles. The molecule has 0 bridgehead atoms. The molecule has 0 aliphatic rings. The standard InChI is InChI=1S/C20H22N4O3S/c1-14(2)10-19(26)22-16-7-5-15(6-8-16)18(25)12-28-20-23-21-13-24(20)11-17-4-3-9-27-17/h3-9,13-14H,10-12H2,1-2H3,(H,22,26). The van der Waals surface area contributed by atoms with E-state index < -0.39 is 0 Å². The van der Waals surface area contributed by atoms with Gasteiger partial charge in [-0.1, -0.05) is 25.6 Å². The molecule has 3 aromatic rings. The van der Waals surface area contributed by atoms with Crippen molar-refractivity contribution in [3.63, 3.8) is 0 Å². The fourth-order valence-corrected chi connectivity index (χ4v) is 3.38. The first-order chi connectivity index (χ1) is 13.5. The number of nitrogens with zero attached hydrogens (tertiary/aromatic N) is 3. The maximum absolute atomic E-state index is 12.5. The van der Waals surface area contributed by atoms with Crippen LogP contribution in [-0.4, -0.2) is 32.2 Å². The van der Waals surface area contributed by atoms with Crippen molar-refractivity contribution in [3.8, 4) is 0 Å². The summed E-state index contributed by atoms with van der Waals surface area (Å²) in [6.45, 7) is 4.50. The van der Waals surface area contributed by atoms with Crippen LogP contribution in [0.1, 0.15) is 36.4 Å². The summed E-state index contributed by atoms with van der Waals surface area (Å²) < 4.78 is 7.17. The average molecular weight is 398 g/mol. The monoisotopic (exact) mass is 398 g/mol. The van der Waals surface area contributed by atoms with Gasteiger partial charge in [0.25, 0.3) is 0 Å². The number of amides is 1. The Kier molecular flexibility index (Phi) is 6.65. The minimum Gasteiger partial charge on any atom is -0.467 e. The Morgan fingerprint density at radius 1 is 1.21 bits per heavy atom. The Labute approximate surface area is 167 Å². The number of hydrogen-bond donors (Lipinski definition) is 1. The van der Waals surface area contributed by atoms with Gasteiger partial charge in [-0.3, -0.25) is 9.59 Å². The molecule has 0 fully saturated rings. The molecular formula is C20H22N4O3S. The topological polar surface area (TPSA) is 90.0 Å². The van der Waals surface area contributed by atoms with Gasteiger partial charge in [0, 0.05) is 17.7 Å². The highest BCUT2D eigenvalue weighted by molar-refractivity contribution is 7.99. The van der Waals surface area contributed by atoms with Crippen LogP contribution < -0.4 is 5.32 Å². The molecular weight excluding hydrogens is 376 g/mol. The molecule has 0 radical (unpaired) electrons. The summed E-state index contributed by atoms with van der Waals surface area (Å²) in [7, 11) is 0. The van der Waals surface area contributed by atoms with Crippen molar-refractivity contribution in [2.75, 3.05) is 11.1 Å². The van der Waals surface area contributed by atoms with Crippen LogP contribution in [0.5, 0.6) is 0 Å². The third-order valence-corrected chi connectivity index (χ3v) is 4.88. The summed E-state index contributed by atoms with van der Waals surface area (Å²) in [5.41, 5.74) is 1.28. The van der Waals surface area contributed by atoms with Gasteiger partial charge >= 0.3 is 0 Å². The molecule has 2 heterocycles. The van der Waals surface area contributed by atoms with Gasteiger partial charge in [-0.2, -0.15) is 0 Å². The fraction of sp³-hybridized carbons (Fsp3) is 0.300. The first kappa shape index (κ1) is 19.9. The largest absolute Gasteiger partial charge is 0.467 e. The predicted molar refractivity (Wildman–Crippen MR) is 107 cm³/mol. The second-order valence-corrected chi connectivity index (χ2v) is 7.70. The van der Waals surface area contributed by atoms with E-state index in [1.54, 1.807) is 36.9 Å². The zero-order chi connectivity index (χ0) is 19.9. The van der Waals surface area contributed by atoms with Gasteiger partial charge in [-0.05, 0) is 42.3 Å². The fourth-order valence-electron chi connectivity index (χ4n) is 2.57. The molecule has 2 aromatic heterocycles. The van der Waals surface area contributed by atoms with E-state index in [1.807, 2.05) is 30.5 Å². The second kappa shape index (κ2) is 9.36. The van der Waals surface area contributed by atoms with Gasteiger partial charge in [0.05, 0.1) is 18.6 Å². The maximum atomic E-state index is 12.5. The zero-order valence-electron chi connectivity index (χ0n) is 15.8. The van der Waals surface area contributed by atoms with Crippen LogP contribution in [0.2, 0.25) is 0 Å². The summed E-state index contributed by atoms with van der Waals surface area (Å²) in [5, 5.41) is 11.5. The number of anilines is 1. The van der Waals surface area contributed by atoms with E-state index in [0.29, 0.717) is 35.3 Å². The van der Waals surface area contributed by atoms with E-state index in [0.717, 1.165) is 5.76 Å². The average Bonchev–Trinajstić information content (AvgIpc) is 3.32. The first-order valence-electron chi connectivity index (χ1n) is 8.97. The molecule has 1 N–H and O–H groups in total. The Balaban J connectivity index is 1.54. The SMILES string of the molecule is CC(C)CC(=O)Nc1ccc(C(=O)CSc2nncn2Cc2ccco2)cc1. The zero-order valence-corrected chi connectivity index (χ0v) is 16.6. The van der Waals surface area contributed by atoms with E-state index in [1.165, 1.54) is 11.8 Å². The number of rotatable bonds is 9. The van der Waals surface area contributed by atoms with E-state index in [2.05, 4.69) is 15.5 Å². The van der Waals surface area contributed by atoms with E-state index >= 15 is 0 Å². The normalized spacial score (nSPS) is 11.0. The Hall–Kier alpha value is -2.87. The molecule has 0 aliphatic carbocycles. The molecule has 3 rings (SSSR count). The number of furan rings is 1. The Morgan fingerprint density at radius 2 is 2.00 bits per heavy atom. The number of nitrogens with one attached hydrogen (secondary N) is 1. The maximum Gasteiger partial charge on any atom is 0.224 e. The number of benzene rings is 1. The van der Waals surface area contributed by atoms with Crippen molar-refractivity contribution in [2.24, 2.45) is 5.92 Å². The van der Waals surface area contributed by atoms with Crippen LogP contribution in [0.3, 0.4) is 0 Å². The van der Waals surface area contributed by atoms with Crippen LogP contribution in [0.25, 0.3) is 0 Å². The Morgan fingerprint density at radius 3 is 2.68 bits per heavy atom. The van der Waals surface area contributed by atoms with Gasteiger partial charge in [-0.25, -0.2) is 0 Å². The smallest absolute Gasteiger partial charge is 0.224 e. The van der Waals surface area contributed by atoms with Crippen molar-refractivity contribution in [1.29, 1.82) is 0 Å². The molecule has 8 heteroatoms. The van der Waals surface area contributed by atoms with Crippen molar-refractivity contribution in [3.05, 3.63) is 60.3 Å². The molecule has 7 nitrogen and oxygen atoms in total. The van der Waals surface area contributed by atoms with Crippen LogP contribution in [0.4, 0.5) is 5.69 Å². The summed E-state index contributed by atoms with van der Waals surface area (Å²) in [5.74, 6) is 1.30. The van der Waals surface area contributed by atoms with Crippen molar-refractivity contribution >= 4 is 29.1 Å². The molecule has 0 unspecified atom stereocenters. The third kappa shape index (κ3) is 5.56. The van der Waals surface area contributed by atoms with Gasteiger partial charge in [0.15, 0.2) is 10.9 Å². The lowest BCUT2D eigenvalue weighted by atomic mass is 10.1. The number of aromatic nitrogens is 3. The van der Waals surface area contributed by atoms with E-state index in [-0.39, 0.29) is 17.4 Å². The van der Waals surface area contributed by atoms with E-state index in [4.69, 9.17) is 4.42 Å². The molecule has 146 valence electrons. The molecule has 0 aliphatic heterocycles. The van der Waals surface area contributed by atoms with Crippen molar-refractivity contribution in [1.82, 2.24) is 14.8 Å². The lowest BCUT2D eigenvalue weighted by Gasteiger charge is -2.08. The molecule has 28 heavy (non-hydrogen) atoms. The van der Waals surface area contributed by atoms with E-state index in [9.17, 15) is 9.59 Å². The minimum atomic E-state index is -0.0273. The summed E-state index contributed by atoms with van der Waals surface area (Å²) in [6.07, 6.45) is 3.70. The highest BCUT2D eigenvalue weighted by Crippen LogP contribution is 2.19. The number of Topliss-reactive ketones (excluding diaryl/α,β-unsaturated/α-hetero) is 1. The number of carbonyl (C=O) groups is 2. The van der Waals surface area contributed by atoms with Gasteiger partial charge in [-0.15, -0.1) is 10.2 Å². The van der Waals surface area contributed by atoms with Crippen LogP contribution >= 0.6 is 11.8 Å². The lowest BCUT2D eigenvalue weighted by Crippen LogP contribution is -2.14. The number of carbonyl (C=O) groups excluding carboxylic acids is 2. The summed E-state index contributed by atoms with van der Waals surface area (Å²) >= 11 is 1.33. The first-order valence-corrected chi connectivity index (χ1v) is 9.96. The Bertz CT molecular complexity index is 917. The molecule has 1 aromatic carbocycles. The van der Waals surface area contributed by atoms with Crippen molar-refractivity contribution < 1.29 is 14.0 Å². The summed E-state index contributed by atoms with van der Waals surface area (Å²) in [6, 6.07) is 10.6. The highest BCUT2D eigenvalue weighted by atomic mass is 32.2. The summed E-state index contributed by atoms with van der Waals surface area (Å²) in [4.78, 5) is 24.3. The lowest BCUT2D eigenvalue weighted by molar-refractivity contribution is -0.116.